The summed E-state index contributed by atoms with van der Waals surface area (Å²) in [6.45, 7) is 5.47. The van der Waals surface area contributed by atoms with Crippen LogP contribution in [0.2, 0.25) is 5.02 Å². The van der Waals surface area contributed by atoms with Crippen molar-refractivity contribution >= 4 is 39.2 Å². The minimum Gasteiger partial charge on any atom is -1.00 e. The first kappa shape index (κ1) is 26.9. The van der Waals surface area contributed by atoms with Crippen molar-refractivity contribution in [3.8, 4) is 0 Å². The summed E-state index contributed by atoms with van der Waals surface area (Å²) in [5.74, 6) is 0.204. The first-order chi connectivity index (χ1) is 14.5. The van der Waals surface area contributed by atoms with Crippen LogP contribution < -0.4 is 43.9 Å². The van der Waals surface area contributed by atoms with Gasteiger partial charge in [-0.3, -0.25) is 4.68 Å². The second-order valence-corrected chi connectivity index (χ2v) is 10.2. The zero-order chi connectivity index (χ0) is 22.8. The minimum absolute atomic E-state index is 0. The van der Waals surface area contributed by atoms with Gasteiger partial charge >= 0.3 is 45.8 Å². The average molecular weight is 493 g/mol. The predicted molar refractivity (Wildman–Crippen MR) is 124 cm³/mol. The minimum atomic E-state index is -4.18. The van der Waals surface area contributed by atoms with E-state index in [1.807, 2.05) is 27.0 Å². The van der Waals surface area contributed by atoms with Crippen molar-refractivity contribution < 1.29 is 44.2 Å². The van der Waals surface area contributed by atoms with Gasteiger partial charge in [-0.15, -0.1) is 0 Å². The fourth-order valence-corrected chi connectivity index (χ4v) is 5.30. The number of nitrogens with zero attached hydrogens (tertiary/aromatic N) is 4. The Labute approximate surface area is 218 Å². The fourth-order valence-electron chi connectivity index (χ4n) is 3.74. The molecule has 1 aromatic carbocycles. The number of aryl methyl sites for hydroxylation is 1. The number of hydrogen-bond acceptors (Lipinski definition) is 5. The predicted octanol–water partition coefficient (Wildman–Crippen LogP) is 0.281. The van der Waals surface area contributed by atoms with Gasteiger partial charge < -0.3 is 11.6 Å². The first-order valence-electron chi connectivity index (χ1n) is 10.2. The van der Waals surface area contributed by atoms with Gasteiger partial charge in [0, 0.05) is 30.5 Å². The van der Waals surface area contributed by atoms with E-state index in [4.69, 9.17) is 11.6 Å². The van der Waals surface area contributed by atoms with Crippen LogP contribution in [0.3, 0.4) is 0 Å². The van der Waals surface area contributed by atoms with Gasteiger partial charge in [-0.2, -0.15) is 13.5 Å². The maximum absolute atomic E-state index is 13.3. The molecule has 2 aromatic rings. The number of benzene rings is 1. The zero-order valence-corrected chi connectivity index (χ0v) is 22.7. The number of aromatic nitrogens is 2. The van der Waals surface area contributed by atoms with Crippen LogP contribution in [-0.4, -0.2) is 55.3 Å². The fraction of sp³-hybridized carbons (Fsp3) is 0.500. The molecule has 32 heavy (non-hydrogen) atoms. The Morgan fingerprint density at radius 2 is 2.03 bits per heavy atom. The Kier molecular flexibility index (Phi) is 9.45. The third kappa shape index (κ3) is 6.85. The molecule has 1 aliphatic rings. The van der Waals surface area contributed by atoms with Crippen LogP contribution in [-0.2, 0) is 17.3 Å². The van der Waals surface area contributed by atoms with E-state index in [9.17, 15) is 13.2 Å². The number of halogens is 1. The number of likely N-dealkylation sites (tertiary alicyclic amines) is 1. The molecule has 2 heterocycles. The smallest absolute Gasteiger partial charge is 1.00 e. The van der Waals surface area contributed by atoms with Crippen LogP contribution in [0.5, 0.6) is 0 Å². The molecule has 2 amide bonds. The number of anilines is 2. The Bertz CT molecular complexity index is 1050. The van der Waals surface area contributed by atoms with Crippen LogP contribution in [0.1, 0.15) is 39.6 Å². The SMILES string of the molecule is CC(C)c1cc(Cl)cc(NC(=O)NS(=O)(=O)N(c2cnn(C)c2)C2CCCN(C)C2)c1.[H-].[Na+]. The second-order valence-electron chi connectivity index (χ2n) is 8.22. The molecule has 172 valence electrons. The summed E-state index contributed by atoms with van der Waals surface area (Å²) in [5, 5.41) is 7.15. The summed E-state index contributed by atoms with van der Waals surface area (Å²) >= 11 is 6.15. The maximum atomic E-state index is 13.3. The third-order valence-corrected chi connectivity index (χ3v) is 6.89. The van der Waals surface area contributed by atoms with E-state index in [2.05, 4.69) is 20.0 Å². The van der Waals surface area contributed by atoms with Crippen LogP contribution in [0.4, 0.5) is 16.2 Å². The molecule has 0 aliphatic carbocycles. The summed E-state index contributed by atoms with van der Waals surface area (Å²) in [4.78, 5) is 14.7. The molecular formula is C20H30ClN6NaO3S. The van der Waals surface area contributed by atoms with Crippen molar-refractivity contribution in [3.05, 3.63) is 41.2 Å². The van der Waals surface area contributed by atoms with E-state index in [0.717, 1.165) is 18.5 Å². The summed E-state index contributed by atoms with van der Waals surface area (Å²) in [5.41, 5.74) is 1.77. The van der Waals surface area contributed by atoms with Crippen molar-refractivity contribution in [2.24, 2.45) is 7.05 Å². The van der Waals surface area contributed by atoms with E-state index >= 15 is 0 Å². The van der Waals surface area contributed by atoms with Gasteiger partial charge in [-0.05, 0) is 56.1 Å². The van der Waals surface area contributed by atoms with E-state index in [1.54, 1.807) is 25.4 Å². The number of amides is 2. The van der Waals surface area contributed by atoms with E-state index in [-0.39, 0.29) is 42.9 Å². The van der Waals surface area contributed by atoms with Crippen molar-refractivity contribution in [2.75, 3.05) is 29.8 Å². The van der Waals surface area contributed by atoms with Gasteiger partial charge in [0.05, 0.1) is 17.9 Å². The van der Waals surface area contributed by atoms with Crippen LogP contribution >= 0.6 is 11.6 Å². The molecule has 1 aromatic heterocycles. The average Bonchev–Trinajstić information content (AvgIpc) is 3.06. The molecule has 0 saturated carbocycles. The van der Waals surface area contributed by atoms with Crippen molar-refractivity contribution in [3.63, 3.8) is 0 Å². The van der Waals surface area contributed by atoms with Gasteiger partial charge in [0.25, 0.3) is 0 Å². The number of piperidine rings is 1. The number of hydrogen-bond donors (Lipinski definition) is 2. The molecule has 2 N–H and O–H groups in total. The molecule has 1 atom stereocenters. The van der Waals surface area contributed by atoms with Gasteiger partial charge in [0.1, 0.15) is 0 Å². The summed E-state index contributed by atoms with van der Waals surface area (Å²) in [6, 6.07) is 4.00. The normalized spacial score (nSPS) is 17.0. The Morgan fingerprint density at radius 3 is 2.62 bits per heavy atom. The number of carbonyl (C=O) groups is 1. The largest absolute Gasteiger partial charge is 1.00 e. The Hall–Kier alpha value is -1.30. The number of carbonyl (C=O) groups excluding carboxylic acids is 1. The Morgan fingerprint density at radius 1 is 1.31 bits per heavy atom. The van der Waals surface area contributed by atoms with Gasteiger partial charge in [0.15, 0.2) is 0 Å². The molecule has 1 aliphatic heterocycles. The molecule has 1 fully saturated rings. The van der Waals surface area contributed by atoms with Crippen molar-refractivity contribution in [2.45, 2.75) is 38.6 Å². The molecule has 12 heteroatoms. The standard InChI is InChI=1S/C20H29ClN6O3S.Na.H/c1-14(2)15-8-16(21)10-17(9-15)23-20(28)24-31(29,30)27(19-11-22-26(4)13-19)18-6-5-7-25(3)12-18;;/h8-11,13-14,18H,5-7,12H2,1-4H3,(H2,23,24,28);;/q;+1;-1. The van der Waals surface area contributed by atoms with Gasteiger partial charge in [0.2, 0.25) is 0 Å². The van der Waals surface area contributed by atoms with Crippen LogP contribution in [0.15, 0.2) is 30.6 Å². The third-order valence-electron chi connectivity index (χ3n) is 5.20. The van der Waals surface area contributed by atoms with Crippen LogP contribution in [0, 0.1) is 0 Å². The van der Waals surface area contributed by atoms with Crippen LogP contribution in [0.25, 0.3) is 0 Å². The summed E-state index contributed by atoms with van der Waals surface area (Å²) in [6.07, 6.45) is 4.66. The quantitative estimate of drug-likeness (QED) is 0.564. The Balaban J connectivity index is 0.00000272. The molecule has 0 bridgehead atoms. The maximum Gasteiger partial charge on any atom is 1.00 e. The van der Waals surface area contributed by atoms with Crippen molar-refractivity contribution in [1.82, 2.24) is 19.4 Å². The van der Waals surface area contributed by atoms with E-state index in [1.165, 1.54) is 15.2 Å². The number of urea groups is 1. The number of likely N-dealkylation sites (N-methyl/N-ethyl adjacent to an activating group) is 1. The summed E-state index contributed by atoms with van der Waals surface area (Å²) < 4.78 is 31.5. The topological polar surface area (TPSA) is 99.6 Å². The zero-order valence-electron chi connectivity index (χ0n) is 20.2. The molecule has 1 unspecified atom stereocenters. The molecule has 3 rings (SSSR count). The number of rotatable bonds is 6. The molecule has 0 spiro atoms. The monoisotopic (exact) mass is 492 g/mol. The van der Waals surface area contributed by atoms with Gasteiger partial charge in [-0.1, -0.05) is 25.4 Å². The van der Waals surface area contributed by atoms with E-state index < -0.39 is 16.2 Å². The van der Waals surface area contributed by atoms with Gasteiger partial charge in [-0.25, -0.2) is 13.8 Å². The molecule has 1 saturated heterocycles. The molecule has 0 radical (unpaired) electrons. The van der Waals surface area contributed by atoms with E-state index in [0.29, 0.717) is 29.4 Å². The van der Waals surface area contributed by atoms with Crippen molar-refractivity contribution in [1.29, 1.82) is 0 Å². The number of nitrogens with one attached hydrogen (secondary N) is 2. The molecule has 9 nitrogen and oxygen atoms in total. The first-order valence-corrected chi connectivity index (χ1v) is 12.0. The second kappa shape index (κ2) is 11.2. The molecular weight excluding hydrogens is 463 g/mol. The summed E-state index contributed by atoms with van der Waals surface area (Å²) in [7, 11) is -0.517.